The van der Waals surface area contributed by atoms with Crippen molar-refractivity contribution >= 4 is 5.91 Å². The molecule has 7 atom stereocenters. The summed E-state index contributed by atoms with van der Waals surface area (Å²) < 4.78 is 11.2. The molecule has 1 rings (SSSR count). The Bertz CT molecular complexity index is 1030. The van der Waals surface area contributed by atoms with Gasteiger partial charge in [0.25, 0.3) is 0 Å². The second-order valence-electron chi connectivity index (χ2n) is 17.6. The molecule has 1 saturated heterocycles. The fraction of sp³-hybridized carbons (Fsp3) is 0.863. The Morgan fingerprint density at radius 1 is 0.550 bits per heavy atom. The van der Waals surface area contributed by atoms with Crippen molar-refractivity contribution in [1.82, 2.24) is 5.32 Å². The Balaban J connectivity index is 2.34. The zero-order chi connectivity index (χ0) is 43.7. The van der Waals surface area contributed by atoms with Crippen molar-refractivity contribution in [2.45, 2.75) is 269 Å². The first kappa shape index (κ1) is 56.4. The average molecular weight is 850 g/mol. The first-order valence-electron chi connectivity index (χ1n) is 25.2. The Hall–Kier alpha value is -1.59. The van der Waals surface area contributed by atoms with Gasteiger partial charge in [-0.2, -0.15) is 0 Å². The largest absolute Gasteiger partial charge is 0.394 e. The van der Waals surface area contributed by atoms with Crippen molar-refractivity contribution in [1.29, 1.82) is 0 Å². The van der Waals surface area contributed by atoms with E-state index < -0.39 is 49.5 Å². The summed E-state index contributed by atoms with van der Waals surface area (Å²) in [6.07, 6.45) is 44.8. The number of rotatable bonds is 42. The number of hydrogen-bond donors (Lipinski definition) is 6. The summed E-state index contributed by atoms with van der Waals surface area (Å²) in [7, 11) is 0. The molecule has 0 spiro atoms. The van der Waals surface area contributed by atoms with Crippen LogP contribution >= 0.6 is 0 Å². The molecule has 60 heavy (non-hydrogen) atoms. The van der Waals surface area contributed by atoms with Gasteiger partial charge >= 0.3 is 0 Å². The third-order valence-corrected chi connectivity index (χ3v) is 11.9. The van der Waals surface area contributed by atoms with Crippen LogP contribution in [-0.2, 0) is 14.3 Å². The zero-order valence-electron chi connectivity index (χ0n) is 38.7. The second kappa shape index (κ2) is 41.4. The summed E-state index contributed by atoms with van der Waals surface area (Å²) in [5.41, 5.74) is 0. The van der Waals surface area contributed by atoms with Crippen LogP contribution in [0.1, 0.15) is 226 Å². The van der Waals surface area contributed by atoms with Crippen molar-refractivity contribution < 1.29 is 39.8 Å². The number of nitrogens with one attached hydrogen (secondary N) is 1. The van der Waals surface area contributed by atoms with Crippen molar-refractivity contribution in [2.75, 3.05) is 13.2 Å². The zero-order valence-corrected chi connectivity index (χ0v) is 38.7. The molecule has 1 heterocycles. The van der Waals surface area contributed by atoms with Gasteiger partial charge < -0.3 is 40.3 Å². The molecule has 0 aliphatic carbocycles. The molecule has 0 saturated carbocycles. The highest BCUT2D eigenvalue weighted by Gasteiger charge is 2.44. The Labute approximate surface area is 368 Å². The summed E-state index contributed by atoms with van der Waals surface area (Å²) in [6, 6.07) is -0.824. The van der Waals surface area contributed by atoms with Crippen LogP contribution in [-0.4, -0.2) is 87.5 Å². The molecule has 0 bridgehead atoms. The number of carbonyl (C=O) groups is 1. The van der Waals surface area contributed by atoms with E-state index in [0.717, 1.165) is 57.8 Å². The number of carbonyl (C=O) groups excluding carboxylic acids is 1. The molecule has 9 heteroatoms. The quantitative estimate of drug-likeness (QED) is 0.0263. The van der Waals surface area contributed by atoms with Gasteiger partial charge in [0.05, 0.1) is 25.4 Å². The summed E-state index contributed by atoms with van der Waals surface area (Å²) in [4.78, 5) is 13.0. The molecular weight excluding hydrogens is 755 g/mol. The van der Waals surface area contributed by atoms with Gasteiger partial charge in [0.15, 0.2) is 6.29 Å². The second-order valence-corrected chi connectivity index (χ2v) is 17.6. The van der Waals surface area contributed by atoms with Gasteiger partial charge in [-0.05, 0) is 57.8 Å². The number of aliphatic hydroxyl groups is 5. The average Bonchev–Trinajstić information content (AvgIpc) is 3.25. The van der Waals surface area contributed by atoms with Gasteiger partial charge in [-0.1, -0.05) is 198 Å². The van der Waals surface area contributed by atoms with Gasteiger partial charge in [-0.25, -0.2) is 0 Å². The van der Waals surface area contributed by atoms with Crippen LogP contribution in [0, 0.1) is 0 Å². The lowest BCUT2D eigenvalue weighted by Gasteiger charge is -2.40. The molecule has 0 aromatic rings. The van der Waals surface area contributed by atoms with Gasteiger partial charge in [-0.3, -0.25) is 4.79 Å². The van der Waals surface area contributed by atoms with Crippen molar-refractivity contribution in [3.05, 3.63) is 36.5 Å². The minimum absolute atomic E-state index is 0.195. The normalized spacial score (nSPS) is 20.8. The highest BCUT2D eigenvalue weighted by Crippen LogP contribution is 2.23. The standard InChI is InChI=1S/C51H95NO8/c1-3-5-7-9-11-13-15-17-19-21-22-23-24-25-26-28-30-32-34-36-38-40-45(54)44(43-59-51-50(58)49(57)48(56)46(42-53)60-51)52-47(55)41-39-37-35-33-31-29-27-20-18-16-14-12-10-8-6-4-2/h20,27,30,32,38,40,44-46,48-51,53-54,56-58H,3-19,21-26,28-29,31,33-37,39,41-43H2,1-2H3,(H,52,55)/b27-20-,32-30+,40-38+. The third-order valence-electron chi connectivity index (χ3n) is 11.9. The molecule has 6 N–H and O–H groups in total. The van der Waals surface area contributed by atoms with Gasteiger partial charge in [-0.15, -0.1) is 0 Å². The maximum absolute atomic E-state index is 13.0. The van der Waals surface area contributed by atoms with E-state index in [1.54, 1.807) is 6.08 Å². The molecule has 1 amide bonds. The van der Waals surface area contributed by atoms with Crippen molar-refractivity contribution in [3.63, 3.8) is 0 Å². The van der Waals surface area contributed by atoms with Crippen LogP contribution in [0.5, 0.6) is 0 Å². The van der Waals surface area contributed by atoms with Crippen LogP contribution < -0.4 is 5.32 Å². The fourth-order valence-corrected chi connectivity index (χ4v) is 7.87. The van der Waals surface area contributed by atoms with Crippen LogP contribution in [0.3, 0.4) is 0 Å². The molecule has 0 radical (unpaired) electrons. The maximum atomic E-state index is 13.0. The summed E-state index contributed by atoms with van der Waals surface area (Å²) >= 11 is 0. The van der Waals surface area contributed by atoms with E-state index in [1.807, 2.05) is 6.08 Å². The fourth-order valence-electron chi connectivity index (χ4n) is 7.87. The summed E-state index contributed by atoms with van der Waals surface area (Å²) in [5, 5.41) is 54.3. The summed E-state index contributed by atoms with van der Waals surface area (Å²) in [5.74, 6) is -0.195. The summed E-state index contributed by atoms with van der Waals surface area (Å²) in [6.45, 7) is 3.76. The molecule has 1 aliphatic heterocycles. The molecule has 1 aliphatic rings. The van der Waals surface area contributed by atoms with Gasteiger partial charge in [0.2, 0.25) is 5.91 Å². The van der Waals surface area contributed by atoms with E-state index in [0.29, 0.717) is 6.42 Å². The highest BCUT2D eigenvalue weighted by atomic mass is 16.7. The van der Waals surface area contributed by atoms with Gasteiger partial charge in [0.1, 0.15) is 24.4 Å². The molecular formula is C51H95NO8. The minimum Gasteiger partial charge on any atom is -0.394 e. The number of amides is 1. The lowest BCUT2D eigenvalue weighted by molar-refractivity contribution is -0.302. The molecule has 0 aromatic carbocycles. The lowest BCUT2D eigenvalue weighted by atomic mass is 9.99. The minimum atomic E-state index is -1.57. The SMILES string of the molecule is CCCCCCCCC/C=C\CCCCCCCC(=O)NC(COC1OC(CO)C(O)C(O)C1O)C(O)/C=C/CC/C=C/CCCCCCCCCCCCCCCCC. The molecule has 9 nitrogen and oxygen atoms in total. The first-order chi connectivity index (χ1) is 29.3. The monoisotopic (exact) mass is 850 g/mol. The number of unbranched alkanes of at least 4 members (excludes halogenated alkanes) is 28. The van der Waals surface area contributed by atoms with Crippen LogP contribution in [0.4, 0.5) is 0 Å². The highest BCUT2D eigenvalue weighted by molar-refractivity contribution is 5.76. The Morgan fingerprint density at radius 3 is 1.40 bits per heavy atom. The number of hydrogen-bond acceptors (Lipinski definition) is 8. The molecule has 352 valence electrons. The van der Waals surface area contributed by atoms with Crippen molar-refractivity contribution in [2.24, 2.45) is 0 Å². The van der Waals surface area contributed by atoms with E-state index in [2.05, 4.69) is 43.5 Å². The molecule has 7 unspecified atom stereocenters. The molecule has 1 fully saturated rings. The smallest absolute Gasteiger partial charge is 0.220 e. The van der Waals surface area contributed by atoms with E-state index in [-0.39, 0.29) is 12.5 Å². The van der Waals surface area contributed by atoms with E-state index in [9.17, 15) is 30.3 Å². The maximum Gasteiger partial charge on any atom is 0.220 e. The number of aliphatic hydroxyl groups excluding tert-OH is 5. The Morgan fingerprint density at radius 2 is 0.950 bits per heavy atom. The first-order valence-corrected chi connectivity index (χ1v) is 25.2. The topological polar surface area (TPSA) is 149 Å². The third kappa shape index (κ3) is 31.3. The number of ether oxygens (including phenoxy) is 2. The lowest BCUT2D eigenvalue weighted by Crippen LogP contribution is -2.60. The Kier molecular flexibility index (Phi) is 39.0. The number of allylic oxidation sites excluding steroid dienone is 5. The van der Waals surface area contributed by atoms with Gasteiger partial charge in [0, 0.05) is 6.42 Å². The van der Waals surface area contributed by atoms with E-state index >= 15 is 0 Å². The van der Waals surface area contributed by atoms with Crippen LogP contribution in [0.25, 0.3) is 0 Å². The van der Waals surface area contributed by atoms with Crippen LogP contribution in [0.15, 0.2) is 36.5 Å². The van der Waals surface area contributed by atoms with E-state index in [4.69, 9.17) is 9.47 Å². The predicted octanol–water partition coefficient (Wildman–Crippen LogP) is 11.2. The predicted molar refractivity (Wildman–Crippen MR) is 249 cm³/mol. The van der Waals surface area contributed by atoms with E-state index in [1.165, 1.54) is 148 Å². The molecule has 0 aromatic heterocycles. The van der Waals surface area contributed by atoms with Crippen molar-refractivity contribution in [3.8, 4) is 0 Å². The van der Waals surface area contributed by atoms with Crippen LogP contribution in [0.2, 0.25) is 0 Å².